The van der Waals surface area contributed by atoms with E-state index < -0.39 is 22.0 Å². The number of carbonyl (C=O) groups excluding carboxylic acids is 1. The zero-order valence-corrected chi connectivity index (χ0v) is 15.7. The van der Waals surface area contributed by atoms with Crippen LogP contribution in [0.4, 0.5) is 5.69 Å². The molecule has 0 aromatic heterocycles. The van der Waals surface area contributed by atoms with E-state index in [4.69, 9.17) is 0 Å². The van der Waals surface area contributed by atoms with Crippen molar-refractivity contribution in [1.82, 2.24) is 4.72 Å². The Morgan fingerprint density at radius 1 is 1.04 bits per heavy atom. The minimum Gasteiger partial charge on any atom is -0.383 e. The first-order valence-corrected chi connectivity index (χ1v) is 9.89. The van der Waals surface area contributed by atoms with E-state index in [1.54, 1.807) is 0 Å². The normalized spacial score (nSPS) is 12.8. The molecular weight excluding hydrogens is 352 g/mol. The summed E-state index contributed by atoms with van der Waals surface area (Å²) in [6.07, 6.45) is -0.729. The van der Waals surface area contributed by atoms with Crippen molar-refractivity contribution >= 4 is 21.6 Å². The maximum absolute atomic E-state index is 12.3. The number of carbonyl (C=O) groups is 1. The van der Waals surface area contributed by atoms with Crippen LogP contribution in [0.5, 0.6) is 0 Å². The summed E-state index contributed by atoms with van der Waals surface area (Å²) in [6, 6.07) is 15.0. The molecule has 6 nitrogen and oxygen atoms in total. The Kier molecular flexibility index (Phi) is 6.90. The largest absolute Gasteiger partial charge is 0.383 e. The number of nitrogens with one attached hydrogen (secondary N) is 2. The summed E-state index contributed by atoms with van der Waals surface area (Å²) in [6.45, 7) is 4.03. The lowest BCUT2D eigenvalue weighted by Crippen LogP contribution is -2.28. The molecule has 0 heterocycles. The van der Waals surface area contributed by atoms with Crippen molar-refractivity contribution in [2.45, 2.75) is 37.8 Å². The van der Waals surface area contributed by atoms with Crippen molar-refractivity contribution in [3.8, 4) is 0 Å². The van der Waals surface area contributed by atoms with Gasteiger partial charge in [-0.05, 0) is 42.2 Å². The molecule has 0 saturated heterocycles. The molecule has 140 valence electrons. The molecule has 0 bridgehead atoms. The second kappa shape index (κ2) is 8.93. The Morgan fingerprint density at radius 2 is 1.65 bits per heavy atom. The molecule has 1 amide bonds. The Balaban J connectivity index is 1.98. The van der Waals surface area contributed by atoms with E-state index in [9.17, 15) is 18.3 Å². The predicted octanol–water partition coefficient (Wildman–Crippen LogP) is 2.51. The van der Waals surface area contributed by atoms with E-state index in [2.05, 4.69) is 10.0 Å². The van der Waals surface area contributed by atoms with Crippen LogP contribution in [0, 0.1) is 5.92 Å². The number of sulfonamides is 1. The summed E-state index contributed by atoms with van der Waals surface area (Å²) in [5, 5.41) is 12.4. The van der Waals surface area contributed by atoms with Crippen LogP contribution in [0.15, 0.2) is 59.5 Å². The average Bonchev–Trinajstić information content (AvgIpc) is 2.61. The zero-order valence-electron chi connectivity index (χ0n) is 14.8. The van der Waals surface area contributed by atoms with Gasteiger partial charge in [0.25, 0.3) is 5.91 Å². The number of hydrogen-bond donors (Lipinski definition) is 3. The predicted molar refractivity (Wildman–Crippen MR) is 101 cm³/mol. The molecular formula is C19H24N2O4S. The lowest BCUT2D eigenvalue weighted by molar-refractivity contribution is -0.124. The minimum atomic E-state index is -3.65. The third-order valence-electron chi connectivity index (χ3n) is 3.74. The van der Waals surface area contributed by atoms with Crippen molar-refractivity contribution in [2.75, 3.05) is 5.32 Å². The quantitative estimate of drug-likeness (QED) is 0.660. The minimum absolute atomic E-state index is 0.106. The van der Waals surface area contributed by atoms with E-state index >= 15 is 0 Å². The van der Waals surface area contributed by atoms with Crippen LogP contribution >= 0.6 is 0 Å². The molecule has 2 rings (SSSR count). The van der Waals surface area contributed by atoms with Crippen LogP contribution in [0.1, 0.15) is 25.8 Å². The summed E-state index contributed by atoms with van der Waals surface area (Å²) >= 11 is 0. The molecule has 0 spiro atoms. The number of rotatable bonds is 8. The van der Waals surface area contributed by atoms with Gasteiger partial charge in [0.1, 0.15) is 6.10 Å². The summed E-state index contributed by atoms with van der Waals surface area (Å²) in [5.41, 5.74) is 1.29. The fourth-order valence-corrected chi connectivity index (χ4v) is 3.37. The highest BCUT2D eigenvalue weighted by molar-refractivity contribution is 7.89. The molecule has 0 aliphatic rings. The molecule has 3 N–H and O–H groups in total. The van der Waals surface area contributed by atoms with Gasteiger partial charge < -0.3 is 10.4 Å². The Hall–Kier alpha value is -2.22. The molecule has 0 radical (unpaired) electrons. The average molecular weight is 376 g/mol. The van der Waals surface area contributed by atoms with Crippen molar-refractivity contribution < 1.29 is 18.3 Å². The second-order valence-corrected chi connectivity index (χ2v) is 8.24. The van der Waals surface area contributed by atoms with E-state index in [1.165, 1.54) is 24.3 Å². The van der Waals surface area contributed by atoms with Gasteiger partial charge >= 0.3 is 0 Å². The van der Waals surface area contributed by atoms with Crippen molar-refractivity contribution in [3.05, 3.63) is 60.2 Å². The lowest BCUT2D eigenvalue weighted by atomic mass is 10.1. The van der Waals surface area contributed by atoms with Crippen molar-refractivity contribution in [1.29, 1.82) is 0 Å². The van der Waals surface area contributed by atoms with Crippen LogP contribution in [-0.4, -0.2) is 25.5 Å². The summed E-state index contributed by atoms with van der Waals surface area (Å²) in [7, 11) is -3.65. The Morgan fingerprint density at radius 3 is 2.23 bits per heavy atom. The highest BCUT2D eigenvalue weighted by atomic mass is 32.2. The third kappa shape index (κ3) is 5.94. The smallest absolute Gasteiger partial charge is 0.253 e. The van der Waals surface area contributed by atoms with Gasteiger partial charge in [-0.2, -0.15) is 0 Å². The van der Waals surface area contributed by atoms with Gasteiger partial charge in [-0.3, -0.25) is 4.79 Å². The first-order valence-electron chi connectivity index (χ1n) is 8.40. The molecule has 0 saturated carbocycles. The van der Waals surface area contributed by atoms with E-state index in [0.29, 0.717) is 12.1 Å². The molecule has 2 aromatic carbocycles. The van der Waals surface area contributed by atoms with Crippen molar-refractivity contribution in [3.63, 3.8) is 0 Å². The third-order valence-corrected chi connectivity index (χ3v) is 5.16. The Labute approximate surface area is 154 Å². The maximum atomic E-state index is 12.3. The standard InChI is InChI=1S/C19H24N2O4S/c1-14(2)12-18(22)19(23)21-16-8-10-17(11-9-16)26(24,25)20-13-15-6-4-3-5-7-15/h3-11,14,18,20,22H,12-13H2,1-2H3,(H,21,23)/t18-/m0/s1. The number of aliphatic hydroxyl groups excluding tert-OH is 1. The lowest BCUT2D eigenvalue weighted by Gasteiger charge is -2.13. The SMILES string of the molecule is CC(C)C[C@H](O)C(=O)Nc1ccc(S(=O)(=O)NCc2ccccc2)cc1. The molecule has 2 aromatic rings. The number of hydrogen-bond acceptors (Lipinski definition) is 4. The second-order valence-electron chi connectivity index (χ2n) is 6.47. The summed E-state index contributed by atoms with van der Waals surface area (Å²) in [5.74, 6) is -0.310. The van der Waals surface area contributed by atoms with Gasteiger partial charge in [-0.15, -0.1) is 0 Å². The van der Waals surface area contributed by atoms with Crippen LogP contribution in [0.25, 0.3) is 0 Å². The summed E-state index contributed by atoms with van der Waals surface area (Å²) in [4.78, 5) is 12.0. The zero-order chi connectivity index (χ0) is 19.2. The molecule has 0 aliphatic carbocycles. The van der Waals surface area contributed by atoms with Gasteiger partial charge in [0, 0.05) is 12.2 Å². The highest BCUT2D eigenvalue weighted by Crippen LogP contribution is 2.15. The van der Waals surface area contributed by atoms with Gasteiger partial charge in [-0.1, -0.05) is 44.2 Å². The van der Waals surface area contributed by atoms with E-state index in [0.717, 1.165) is 5.56 Å². The highest BCUT2D eigenvalue weighted by Gasteiger charge is 2.17. The van der Waals surface area contributed by atoms with E-state index in [-0.39, 0.29) is 17.4 Å². The van der Waals surface area contributed by atoms with Crippen molar-refractivity contribution in [2.24, 2.45) is 5.92 Å². The van der Waals surface area contributed by atoms with Crippen LogP contribution < -0.4 is 10.0 Å². The molecule has 26 heavy (non-hydrogen) atoms. The van der Waals surface area contributed by atoms with Crippen LogP contribution in [-0.2, 0) is 21.4 Å². The topological polar surface area (TPSA) is 95.5 Å². The summed E-state index contributed by atoms with van der Waals surface area (Å²) < 4.78 is 27.2. The molecule has 1 atom stereocenters. The van der Waals surface area contributed by atoms with Gasteiger partial charge in [0.05, 0.1) is 4.90 Å². The monoisotopic (exact) mass is 376 g/mol. The van der Waals surface area contributed by atoms with E-state index in [1.807, 2.05) is 44.2 Å². The van der Waals surface area contributed by atoms with Gasteiger partial charge in [0.15, 0.2) is 0 Å². The molecule has 7 heteroatoms. The Bertz CT molecular complexity index is 818. The number of anilines is 1. The number of aliphatic hydroxyl groups is 1. The number of amides is 1. The molecule has 0 aliphatic heterocycles. The molecule has 0 unspecified atom stereocenters. The maximum Gasteiger partial charge on any atom is 0.253 e. The fourth-order valence-electron chi connectivity index (χ4n) is 2.35. The molecule has 0 fully saturated rings. The number of benzene rings is 2. The first kappa shape index (κ1) is 20.1. The van der Waals surface area contributed by atoms with Crippen LogP contribution in [0.3, 0.4) is 0 Å². The van der Waals surface area contributed by atoms with Gasteiger partial charge in [-0.25, -0.2) is 13.1 Å². The fraction of sp³-hybridized carbons (Fsp3) is 0.316. The first-order chi connectivity index (χ1) is 12.3. The van der Waals surface area contributed by atoms with Gasteiger partial charge in [0.2, 0.25) is 10.0 Å². The van der Waals surface area contributed by atoms with Crippen LogP contribution in [0.2, 0.25) is 0 Å².